The molecule has 0 aliphatic heterocycles. The molecule has 1 heterocycles. The van der Waals surface area contributed by atoms with Crippen LogP contribution in [0.2, 0.25) is 0 Å². The number of phenols is 2. The van der Waals surface area contributed by atoms with Crippen LogP contribution in [0.3, 0.4) is 0 Å². The predicted molar refractivity (Wildman–Crippen MR) is 152 cm³/mol. The molecule has 206 valence electrons. The van der Waals surface area contributed by atoms with Gasteiger partial charge < -0.3 is 24.4 Å². The number of aromatic hydroxyl groups is 2. The van der Waals surface area contributed by atoms with E-state index in [0.717, 1.165) is 37.6 Å². The summed E-state index contributed by atoms with van der Waals surface area (Å²) < 4.78 is 5.31. The van der Waals surface area contributed by atoms with E-state index in [-0.39, 0.29) is 23.0 Å². The Morgan fingerprint density at radius 3 is 1.44 bits per heavy atom. The van der Waals surface area contributed by atoms with Gasteiger partial charge in [0.2, 0.25) is 0 Å². The first-order valence-electron chi connectivity index (χ1n) is 12.7. The number of phenolic OH excluding ortho intramolecular Hbond substituents is 2. The van der Waals surface area contributed by atoms with E-state index in [2.05, 4.69) is 30.9 Å². The van der Waals surface area contributed by atoms with Gasteiger partial charge in [-0.15, -0.1) is 0 Å². The summed E-state index contributed by atoms with van der Waals surface area (Å²) in [5.41, 5.74) is 7.23. The van der Waals surface area contributed by atoms with Gasteiger partial charge in [0.25, 0.3) is 0 Å². The Kier molecular flexibility index (Phi) is 10.1. The number of carbonyl (C=O) groups is 2. The smallest absolute Gasteiger partial charge is 0.307 e. The van der Waals surface area contributed by atoms with Crippen LogP contribution in [-0.4, -0.2) is 60.6 Å². The number of hydrogen-bond donors (Lipinski definition) is 4. The Morgan fingerprint density at radius 1 is 0.718 bits per heavy atom. The first-order chi connectivity index (χ1) is 18.8. The molecule has 0 aliphatic rings. The van der Waals surface area contributed by atoms with E-state index in [0.29, 0.717) is 11.1 Å². The van der Waals surface area contributed by atoms with Crippen LogP contribution < -0.4 is 20.7 Å². The maximum atomic E-state index is 12.4. The Morgan fingerprint density at radius 2 is 1.10 bits per heavy atom. The standard InChI is InChI=1S/C28H34N6O5/c1-5-33(6-2)21-11-9-19(23(35)15-21)17-29-31-27(37)25-13-14-26(39-25)28(38)32-30-18-20-10-12-22(16-24(20)36)34(7-3)8-4/h9-18,35-36H,5-8H2,1-4H3,(H,31,37)(H,32,38)/b29-17-,30-18-. The van der Waals surface area contributed by atoms with Gasteiger partial charge in [0.05, 0.1) is 12.4 Å². The quantitative estimate of drug-likeness (QED) is 0.204. The maximum absolute atomic E-state index is 12.4. The number of amides is 2. The molecule has 0 spiro atoms. The van der Waals surface area contributed by atoms with Crippen LogP contribution in [0.5, 0.6) is 11.5 Å². The molecular weight excluding hydrogens is 500 g/mol. The second kappa shape index (κ2) is 13.7. The van der Waals surface area contributed by atoms with E-state index in [1.807, 2.05) is 39.8 Å². The van der Waals surface area contributed by atoms with Gasteiger partial charge in [0.15, 0.2) is 11.5 Å². The molecular formula is C28H34N6O5. The number of anilines is 2. The lowest BCUT2D eigenvalue weighted by atomic mass is 10.2. The van der Waals surface area contributed by atoms with E-state index in [9.17, 15) is 19.8 Å². The number of carbonyl (C=O) groups excluding carboxylic acids is 2. The Bertz CT molecular complexity index is 1240. The molecule has 39 heavy (non-hydrogen) atoms. The van der Waals surface area contributed by atoms with E-state index < -0.39 is 11.8 Å². The van der Waals surface area contributed by atoms with Crippen LogP contribution in [0.25, 0.3) is 0 Å². The fourth-order valence-corrected chi connectivity index (χ4v) is 3.87. The van der Waals surface area contributed by atoms with E-state index in [1.54, 1.807) is 24.3 Å². The molecule has 3 rings (SSSR count). The largest absolute Gasteiger partial charge is 0.507 e. The molecule has 0 atom stereocenters. The molecule has 0 radical (unpaired) electrons. The lowest BCUT2D eigenvalue weighted by molar-refractivity contribution is 0.0902. The van der Waals surface area contributed by atoms with Gasteiger partial charge in [-0.1, -0.05) is 0 Å². The Labute approximate surface area is 227 Å². The average Bonchev–Trinajstić information content (AvgIpc) is 3.43. The summed E-state index contributed by atoms with van der Waals surface area (Å²) in [6.45, 7) is 11.4. The number of rotatable bonds is 12. The van der Waals surface area contributed by atoms with E-state index in [1.165, 1.54) is 24.6 Å². The number of hydrazone groups is 2. The van der Waals surface area contributed by atoms with Gasteiger partial charge in [0.1, 0.15) is 11.5 Å². The lowest BCUT2D eigenvalue weighted by Crippen LogP contribution is -2.21. The van der Waals surface area contributed by atoms with Crippen LogP contribution in [0, 0.1) is 0 Å². The molecule has 1 aromatic heterocycles. The normalized spacial score (nSPS) is 11.2. The summed E-state index contributed by atoms with van der Waals surface area (Å²) in [6.07, 6.45) is 2.63. The summed E-state index contributed by atoms with van der Waals surface area (Å²) >= 11 is 0. The first kappa shape index (κ1) is 28.8. The van der Waals surface area contributed by atoms with E-state index >= 15 is 0 Å². The molecule has 0 saturated carbocycles. The number of hydrogen-bond acceptors (Lipinski definition) is 9. The van der Waals surface area contributed by atoms with Gasteiger partial charge in [-0.05, 0) is 64.1 Å². The third-order valence-corrected chi connectivity index (χ3v) is 6.08. The molecule has 2 aromatic carbocycles. The second-order valence-electron chi connectivity index (χ2n) is 8.39. The molecule has 0 unspecified atom stereocenters. The van der Waals surface area contributed by atoms with Gasteiger partial charge >= 0.3 is 11.8 Å². The fraction of sp³-hybridized carbons (Fsp3) is 0.286. The molecule has 2 amide bonds. The first-order valence-corrected chi connectivity index (χ1v) is 12.7. The molecule has 0 fully saturated rings. The highest BCUT2D eigenvalue weighted by Crippen LogP contribution is 2.24. The summed E-state index contributed by atoms with van der Waals surface area (Å²) in [5.74, 6) is -1.55. The highest BCUT2D eigenvalue weighted by Gasteiger charge is 2.15. The van der Waals surface area contributed by atoms with Crippen molar-refractivity contribution in [3.63, 3.8) is 0 Å². The van der Waals surface area contributed by atoms with Crippen LogP contribution in [0.1, 0.15) is 59.9 Å². The molecule has 11 nitrogen and oxygen atoms in total. The minimum atomic E-state index is -0.675. The van der Waals surface area contributed by atoms with Crippen molar-refractivity contribution >= 4 is 35.6 Å². The van der Waals surface area contributed by atoms with Crippen LogP contribution in [0.4, 0.5) is 11.4 Å². The zero-order valence-electron chi connectivity index (χ0n) is 22.5. The molecule has 0 saturated heterocycles. The van der Waals surface area contributed by atoms with Crippen LogP contribution in [-0.2, 0) is 0 Å². The summed E-state index contributed by atoms with van der Waals surface area (Å²) in [4.78, 5) is 28.9. The monoisotopic (exact) mass is 534 g/mol. The second-order valence-corrected chi connectivity index (χ2v) is 8.39. The zero-order valence-corrected chi connectivity index (χ0v) is 22.5. The SMILES string of the molecule is CCN(CC)c1ccc(/C=N\NC(=O)c2ccc(C(=O)N/N=C\c3ccc(N(CC)CC)cc3O)o2)c(O)c1. The van der Waals surface area contributed by atoms with Crippen molar-refractivity contribution in [1.29, 1.82) is 0 Å². The van der Waals surface area contributed by atoms with Crippen molar-refractivity contribution in [2.75, 3.05) is 36.0 Å². The summed E-state index contributed by atoms with van der Waals surface area (Å²) in [5, 5.41) is 28.3. The maximum Gasteiger partial charge on any atom is 0.307 e. The van der Waals surface area contributed by atoms with Crippen molar-refractivity contribution in [2.45, 2.75) is 27.7 Å². The molecule has 11 heteroatoms. The fourth-order valence-electron chi connectivity index (χ4n) is 3.87. The van der Waals surface area contributed by atoms with Crippen LogP contribution >= 0.6 is 0 Å². The number of nitrogens with one attached hydrogen (secondary N) is 2. The van der Waals surface area contributed by atoms with Crippen molar-refractivity contribution in [2.24, 2.45) is 10.2 Å². The molecule has 0 bridgehead atoms. The topological polar surface area (TPSA) is 143 Å². The minimum absolute atomic E-state index is 0.0306. The van der Waals surface area contributed by atoms with Gasteiger partial charge in [-0.3, -0.25) is 9.59 Å². The van der Waals surface area contributed by atoms with E-state index in [4.69, 9.17) is 4.42 Å². The van der Waals surface area contributed by atoms with Gasteiger partial charge in [-0.2, -0.15) is 10.2 Å². The average molecular weight is 535 g/mol. The lowest BCUT2D eigenvalue weighted by Gasteiger charge is -2.21. The summed E-state index contributed by atoms with van der Waals surface area (Å²) in [7, 11) is 0. The van der Waals surface area contributed by atoms with Crippen molar-refractivity contribution in [1.82, 2.24) is 10.9 Å². The summed E-state index contributed by atoms with van der Waals surface area (Å²) in [6, 6.07) is 13.1. The minimum Gasteiger partial charge on any atom is -0.507 e. The zero-order chi connectivity index (χ0) is 28.4. The van der Waals surface area contributed by atoms with Crippen LogP contribution in [0.15, 0.2) is 63.2 Å². The number of benzene rings is 2. The Hall–Kier alpha value is -4.80. The third-order valence-electron chi connectivity index (χ3n) is 6.08. The predicted octanol–water partition coefficient (Wildman–Crippen LogP) is 3.91. The number of nitrogens with zero attached hydrogens (tertiary/aromatic N) is 4. The highest BCUT2D eigenvalue weighted by molar-refractivity contribution is 5.96. The highest BCUT2D eigenvalue weighted by atomic mass is 16.4. The number of furan rings is 1. The molecule has 4 N–H and O–H groups in total. The van der Waals surface area contributed by atoms with Crippen molar-refractivity contribution in [3.05, 3.63) is 71.2 Å². The van der Waals surface area contributed by atoms with Gasteiger partial charge in [0, 0.05) is 60.8 Å². The van der Waals surface area contributed by atoms with Crippen molar-refractivity contribution in [3.8, 4) is 11.5 Å². The van der Waals surface area contributed by atoms with Gasteiger partial charge in [-0.25, -0.2) is 10.9 Å². The molecule has 3 aromatic rings. The van der Waals surface area contributed by atoms with Crippen molar-refractivity contribution < 1.29 is 24.2 Å². The third kappa shape index (κ3) is 7.37. The molecule has 0 aliphatic carbocycles. The Balaban J connectivity index is 1.56.